The molecule has 1 nitrogen and oxygen atoms in total. The van der Waals surface area contributed by atoms with Crippen LogP contribution in [0.3, 0.4) is 0 Å². The smallest absolute Gasteiger partial charge is 0.123 e. The number of hydrogen-bond donors (Lipinski definition) is 1. The lowest BCUT2D eigenvalue weighted by Gasteiger charge is -2.26. The van der Waals surface area contributed by atoms with E-state index in [-0.39, 0.29) is 5.82 Å². The summed E-state index contributed by atoms with van der Waals surface area (Å²) in [5.41, 5.74) is 2.27. The molecule has 2 heteroatoms. The summed E-state index contributed by atoms with van der Waals surface area (Å²) in [5, 5.41) is 10.7. The van der Waals surface area contributed by atoms with E-state index < -0.39 is 5.60 Å². The van der Waals surface area contributed by atoms with Gasteiger partial charge in [-0.15, -0.1) is 0 Å². The molecular formula is C16H17FO. The monoisotopic (exact) mass is 244 g/mol. The number of hydrogen-bond acceptors (Lipinski definition) is 1. The molecule has 0 saturated carbocycles. The van der Waals surface area contributed by atoms with Crippen molar-refractivity contribution in [3.05, 3.63) is 70.5 Å². The third kappa shape index (κ3) is 2.29. The maximum atomic E-state index is 13.3. The zero-order valence-electron chi connectivity index (χ0n) is 10.9. The Bertz CT molecular complexity index is 573. The molecule has 1 atom stereocenters. The molecule has 1 N–H and O–H groups in total. The van der Waals surface area contributed by atoms with Gasteiger partial charge in [0, 0.05) is 0 Å². The molecule has 1 unspecified atom stereocenters. The van der Waals surface area contributed by atoms with Crippen molar-refractivity contribution >= 4 is 0 Å². The fourth-order valence-electron chi connectivity index (χ4n) is 2.21. The van der Waals surface area contributed by atoms with E-state index in [9.17, 15) is 9.50 Å². The average molecular weight is 244 g/mol. The van der Waals surface area contributed by atoms with Gasteiger partial charge in [0.1, 0.15) is 11.4 Å². The minimum Gasteiger partial charge on any atom is -0.381 e. The Morgan fingerprint density at radius 1 is 1.06 bits per heavy atom. The molecule has 0 radical (unpaired) electrons. The number of aryl methyl sites for hydroxylation is 2. The van der Waals surface area contributed by atoms with E-state index in [0.29, 0.717) is 5.56 Å². The van der Waals surface area contributed by atoms with Crippen molar-refractivity contribution in [3.8, 4) is 0 Å². The topological polar surface area (TPSA) is 20.2 Å². The van der Waals surface area contributed by atoms with Crippen LogP contribution in [0.1, 0.15) is 29.2 Å². The largest absolute Gasteiger partial charge is 0.381 e. The highest BCUT2D eigenvalue weighted by Gasteiger charge is 2.27. The number of benzene rings is 2. The fourth-order valence-corrected chi connectivity index (χ4v) is 2.21. The zero-order chi connectivity index (χ0) is 13.3. The van der Waals surface area contributed by atoms with Gasteiger partial charge in [-0.25, -0.2) is 4.39 Å². The Balaban J connectivity index is 2.57. The number of halogens is 1. The fraction of sp³-hybridized carbons (Fsp3) is 0.250. The van der Waals surface area contributed by atoms with Crippen LogP contribution in [0.4, 0.5) is 4.39 Å². The second kappa shape index (κ2) is 4.54. The van der Waals surface area contributed by atoms with Crippen LogP contribution in [0.5, 0.6) is 0 Å². The van der Waals surface area contributed by atoms with Crippen molar-refractivity contribution in [1.29, 1.82) is 0 Å². The quantitative estimate of drug-likeness (QED) is 0.854. The molecule has 0 aliphatic rings. The highest BCUT2D eigenvalue weighted by atomic mass is 19.1. The van der Waals surface area contributed by atoms with Gasteiger partial charge in [0.15, 0.2) is 0 Å². The van der Waals surface area contributed by atoms with E-state index in [4.69, 9.17) is 0 Å². The second-order valence-electron chi connectivity index (χ2n) is 4.90. The van der Waals surface area contributed by atoms with Crippen LogP contribution in [-0.4, -0.2) is 5.11 Å². The summed E-state index contributed by atoms with van der Waals surface area (Å²) in [5.74, 6) is -0.335. The van der Waals surface area contributed by atoms with Crippen LogP contribution in [0.25, 0.3) is 0 Å². The Labute approximate surface area is 107 Å². The number of rotatable bonds is 2. The summed E-state index contributed by atoms with van der Waals surface area (Å²) in [6.07, 6.45) is 0. The summed E-state index contributed by atoms with van der Waals surface area (Å²) in [4.78, 5) is 0. The van der Waals surface area contributed by atoms with Gasteiger partial charge in [-0.2, -0.15) is 0 Å². The number of aliphatic hydroxyl groups is 1. The van der Waals surface area contributed by atoms with Crippen molar-refractivity contribution in [2.45, 2.75) is 26.4 Å². The van der Waals surface area contributed by atoms with Crippen LogP contribution in [0.2, 0.25) is 0 Å². The van der Waals surface area contributed by atoms with Crippen LogP contribution in [0.15, 0.2) is 42.5 Å². The average Bonchev–Trinajstić information content (AvgIpc) is 2.32. The standard InChI is InChI=1S/C16H17FO/c1-11-7-8-12(2)15(9-11)16(3,18)13-5-4-6-14(17)10-13/h4-10,18H,1-3H3. The van der Waals surface area contributed by atoms with Gasteiger partial charge in [0.2, 0.25) is 0 Å². The molecule has 0 spiro atoms. The summed E-state index contributed by atoms with van der Waals surface area (Å²) in [6.45, 7) is 5.62. The predicted molar refractivity (Wildman–Crippen MR) is 71.0 cm³/mol. The molecule has 18 heavy (non-hydrogen) atoms. The van der Waals surface area contributed by atoms with Gasteiger partial charge in [0.25, 0.3) is 0 Å². The lowest BCUT2D eigenvalue weighted by atomic mass is 9.85. The van der Waals surface area contributed by atoms with Crippen molar-refractivity contribution in [1.82, 2.24) is 0 Å². The van der Waals surface area contributed by atoms with Crippen molar-refractivity contribution in [3.63, 3.8) is 0 Å². The zero-order valence-corrected chi connectivity index (χ0v) is 10.9. The molecule has 0 aromatic heterocycles. The molecule has 0 aliphatic heterocycles. The normalized spacial score (nSPS) is 14.3. The molecule has 2 rings (SSSR count). The Kier molecular flexibility index (Phi) is 3.22. The molecule has 0 aliphatic carbocycles. The third-order valence-corrected chi connectivity index (χ3v) is 3.30. The van der Waals surface area contributed by atoms with Crippen molar-refractivity contribution in [2.75, 3.05) is 0 Å². The molecule has 0 heterocycles. The van der Waals surface area contributed by atoms with Crippen LogP contribution >= 0.6 is 0 Å². The molecular weight excluding hydrogens is 227 g/mol. The maximum absolute atomic E-state index is 13.3. The second-order valence-corrected chi connectivity index (χ2v) is 4.90. The van der Waals surface area contributed by atoms with Gasteiger partial charge in [-0.05, 0) is 49.6 Å². The first kappa shape index (κ1) is 12.8. The minimum absolute atomic E-state index is 0.335. The Morgan fingerprint density at radius 3 is 2.44 bits per heavy atom. The first-order valence-corrected chi connectivity index (χ1v) is 5.97. The highest BCUT2D eigenvalue weighted by Crippen LogP contribution is 2.32. The lowest BCUT2D eigenvalue weighted by Crippen LogP contribution is -2.24. The molecule has 0 saturated heterocycles. The Hall–Kier alpha value is -1.67. The van der Waals surface area contributed by atoms with Crippen LogP contribution in [0, 0.1) is 19.7 Å². The Morgan fingerprint density at radius 2 is 1.78 bits per heavy atom. The van der Waals surface area contributed by atoms with E-state index >= 15 is 0 Å². The summed E-state index contributed by atoms with van der Waals surface area (Å²) < 4.78 is 13.3. The van der Waals surface area contributed by atoms with E-state index in [0.717, 1.165) is 16.7 Å². The van der Waals surface area contributed by atoms with E-state index in [1.165, 1.54) is 12.1 Å². The molecule has 94 valence electrons. The molecule has 2 aromatic rings. The van der Waals surface area contributed by atoms with E-state index in [2.05, 4.69) is 0 Å². The van der Waals surface area contributed by atoms with E-state index in [1.54, 1.807) is 19.1 Å². The minimum atomic E-state index is -1.18. The summed E-state index contributed by atoms with van der Waals surface area (Å²) in [7, 11) is 0. The first-order valence-electron chi connectivity index (χ1n) is 5.97. The van der Waals surface area contributed by atoms with Crippen LogP contribution < -0.4 is 0 Å². The van der Waals surface area contributed by atoms with Gasteiger partial charge in [-0.1, -0.05) is 35.9 Å². The van der Waals surface area contributed by atoms with Crippen molar-refractivity contribution < 1.29 is 9.50 Å². The van der Waals surface area contributed by atoms with Gasteiger partial charge in [-0.3, -0.25) is 0 Å². The van der Waals surface area contributed by atoms with Gasteiger partial charge in [0.05, 0.1) is 0 Å². The predicted octanol–water partition coefficient (Wildman–Crippen LogP) is 3.70. The van der Waals surface area contributed by atoms with Gasteiger partial charge < -0.3 is 5.11 Å². The van der Waals surface area contributed by atoms with Crippen molar-refractivity contribution in [2.24, 2.45) is 0 Å². The molecule has 0 bridgehead atoms. The summed E-state index contributed by atoms with van der Waals surface area (Å²) >= 11 is 0. The van der Waals surface area contributed by atoms with Crippen LogP contribution in [-0.2, 0) is 5.60 Å². The molecule has 0 fully saturated rings. The highest BCUT2D eigenvalue weighted by molar-refractivity contribution is 5.41. The lowest BCUT2D eigenvalue weighted by molar-refractivity contribution is 0.101. The molecule has 2 aromatic carbocycles. The first-order chi connectivity index (χ1) is 8.41. The van der Waals surface area contributed by atoms with Gasteiger partial charge >= 0.3 is 0 Å². The maximum Gasteiger partial charge on any atom is 0.123 e. The SMILES string of the molecule is Cc1ccc(C)c(C(C)(O)c2cccc(F)c2)c1. The summed E-state index contributed by atoms with van der Waals surface area (Å²) in [6, 6.07) is 12.0. The third-order valence-electron chi connectivity index (χ3n) is 3.30. The molecule has 0 amide bonds. The van der Waals surface area contributed by atoms with E-state index in [1.807, 2.05) is 32.0 Å².